The number of rotatable bonds is 6. The van der Waals surface area contributed by atoms with E-state index in [1.54, 1.807) is 20.0 Å². The topological polar surface area (TPSA) is 80.6 Å². The number of furan rings is 1. The number of aryl methyl sites for hydroxylation is 1. The Morgan fingerprint density at radius 1 is 1.40 bits per heavy atom. The van der Waals surface area contributed by atoms with Gasteiger partial charge >= 0.3 is 0 Å². The number of hydrogen-bond donors (Lipinski definition) is 2. The van der Waals surface area contributed by atoms with Crippen LogP contribution in [0.25, 0.3) is 0 Å². The highest BCUT2D eigenvalue weighted by molar-refractivity contribution is 7.89. The highest BCUT2D eigenvalue weighted by atomic mass is 32.2. The van der Waals surface area contributed by atoms with Gasteiger partial charge in [-0.3, -0.25) is 0 Å². The Hall–Kier alpha value is -0.890. The average molecular weight is 302 g/mol. The Labute approximate surface area is 119 Å². The standard InChI is InChI=1S/C13H22N2O4S/c1-10-13(7-12(19-10)8-14-2)20(16,17)15-9-11-5-3-4-6-18-11/h7,11,14-15H,3-6,8-9H2,1-2H3. The summed E-state index contributed by atoms with van der Waals surface area (Å²) in [4.78, 5) is 0.207. The van der Waals surface area contributed by atoms with Crippen LogP contribution in [-0.2, 0) is 21.3 Å². The molecule has 1 unspecified atom stereocenters. The largest absolute Gasteiger partial charge is 0.464 e. The predicted octanol–water partition coefficient (Wildman–Crippen LogP) is 1.15. The minimum absolute atomic E-state index is 0.0255. The second kappa shape index (κ2) is 6.71. The summed E-state index contributed by atoms with van der Waals surface area (Å²) < 4.78 is 38.1. The van der Waals surface area contributed by atoms with Gasteiger partial charge in [0.15, 0.2) is 0 Å². The zero-order valence-electron chi connectivity index (χ0n) is 11.9. The van der Waals surface area contributed by atoms with E-state index in [0.717, 1.165) is 19.3 Å². The van der Waals surface area contributed by atoms with Crippen LogP contribution in [0.5, 0.6) is 0 Å². The van der Waals surface area contributed by atoms with Crippen molar-refractivity contribution in [1.82, 2.24) is 10.0 Å². The molecule has 1 aliphatic heterocycles. The van der Waals surface area contributed by atoms with E-state index < -0.39 is 10.0 Å². The minimum Gasteiger partial charge on any atom is -0.464 e. The Bertz CT molecular complexity index is 533. The molecule has 7 heteroatoms. The van der Waals surface area contributed by atoms with Crippen LogP contribution in [0.2, 0.25) is 0 Å². The second-order valence-corrected chi connectivity index (χ2v) is 6.74. The third kappa shape index (κ3) is 3.82. The van der Waals surface area contributed by atoms with Gasteiger partial charge in [0.25, 0.3) is 0 Å². The van der Waals surface area contributed by atoms with Crippen molar-refractivity contribution in [2.24, 2.45) is 0 Å². The molecule has 0 radical (unpaired) electrons. The zero-order valence-corrected chi connectivity index (χ0v) is 12.8. The van der Waals surface area contributed by atoms with Gasteiger partial charge in [-0.15, -0.1) is 0 Å². The molecule has 0 saturated carbocycles. The average Bonchev–Trinajstić information content (AvgIpc) is 2.80. The lowest BCUT2D eigenvalue weighted by Gasteiger charge is -2.22. The Kier molecular flexibility index (Phi) is 5.20. The third-order valence-electron chi connectivity index (χ3n) is 3.34. The fourth-order valence-corrected chi connectivity index (χ4v) is 3.57. The first-order chi connectivity index (χ1) is 9.53. The molecule has 1 aromatic rings. The van der Waals surface area contributed by atoms with Gasteiger partial charge in [0.2, 0.25) is 10.0 Å². The van der Waals surface area contributed by atoms with Gasteiger partial charge in [0.1, 0.15) is 16.4 Å². The van der Waals surface area contributed by atoms with E-state index in [2.05, 4.69) is 10.0 Å². The van der Waals surface area contributed by atoms with Crippen LogP contribution >= 0.6 is 0 Å². The summed E-state index contributed by atoms with van der Waals surface area (Å²) in [6.45, 7) is 3.19. The fraction of sp³-hybridized carbons (Fsp3) is 0.692. The zero-order chi connectivity index (χ0) is 14.6. The van der Waals surface area contributed by atoms with Crippen LogP contribution in [0.3, 0.4) is 0 Å². The van der Waals surface area contributed by atoms with Crippen LogP contribution in [-0.4, -0.2) is 34.7 Å². The van der Waals surface area contributed by atoms with Gasteiger partial charge in [-0.1, -0.05) is 0 Å². The van der Waals surface area contributed by atoms with E-state index >= 15 is 0 Å². The van der Waals surface area contributed by atoms with Crippen LogP contribution < -0.4 is 10.0 Å². The van der Waals surface area contributed by atoms with Gasteiger partial charge in [0.05, 0.1) is 12.6 Å². The molecule has 0 bridgehead atoms. The maximum Gasteiger partial charge on any atom is 0.244 e. The molecule has 1 saturated heterocycles. The Morgan fingerprint density at radius 3 is 2.85 bits per heavy atom. The summed E-state index contributed by atoms with van der Waals surface area (Å²) in [5.74, 6) is 1.02. The molecule has 0 aromatic carbocycles. The van der Waals surface area contributed by atoms with E-state index in [9.17, 15) is 8.42 Å². The van der Waals surface area contributed by atoms with E-state index in [1.165, 1.54) is 0 Å². The molecule has 1 atom stereocenters. The van der Waals surface area contributed by atoms with E-state index in [1.807, 2.05) is 0 Å². The van der Waals surface area contributed by atoms with E-state index in [0.29, 0.717) is 31.2 Å². The summed E-state index contributed by atoms with van der Waals surface area (Å²) >= 11 is 0. The normalized spacial score (nSPS) is 20.2. The lowest BCUT2D eigenvalue weighted by molar-refractivity contribution is 0.0200. The maximum absolute atomic E-state index is 12.3. The van der Waals surface area contributed by atoms with Crippen molar-refractivity contribution < 1.29 is 17.6 Å². The molecular weight excluding hydrogens is 280 g/mol. The van der Waals surface area contributed by atoms with Crippen molar-refractivity contribution in [2.75, 3.05) is 20.2 Å². The third-order valence-corrected chi connectivity index (χ3v) is 4.87. The molecule has 0 amide bonds. The molecule has 2 rings (SSSR count). The van der Waals surface area contributed by atoms with Gasteiger partial charge in [-0.2, -0.15) is 0 Å². The summed E-state index contributed by atoms with van der Waals surface area (Å²) in [5, 5.41) is 2.93. The first-order valence-corrected chi connectivity index (χ1v) is 8.36. The summed E-state index contributed by atoms with van der Waals surface area (Å²) in [6, 6.07) is 1.57. The summed E-state index contributed by atoms with van der Waals surface area (Å²) in [5.41, 5.74) is 0. The predicted molar refractivity (Wildman–Crippen MR) is 75.0 cm³/mol. The molecule has 1 aliphatic rings. The smallest absolute Gasteiger partial charge is 0.244 e. The molecule has 114 valence electrons. The fourth-order valence-electron chi connectivity index (χ4n) is 2.30. The lowest BCUT2D eigenvalue weighted by Crippen LogP contribution is -2.35. The van der Waals surface area contributed by atoms with Crippen LogP contribution in [0.4, 0.5) is 0 Å². The molecule has 0 spiro atoms. The highest BCUT2D eigenvalue weighted by Gasteiger charge is 2.23. The SMILES string of the molecule is CNCc1cc(S(=O)(=O)NCC2CCCCO2)c(C)o1. The van der Waals surface area contributed by atoms with Crippen molar-refractivity contribution in [1.29, 1.82) is 0 Å². The molecular formula is C13H22N2O4S. The molecule has 2 heterocycles. The first kappa shape index (κ1) is 15.5. The van der Waals surface area contributed by atoms with Crippen molar-refractivity contribution in [3.05, 3.63) is 17.6 Å². The van der Waals surface area contributed by atoms with Gasteiger partial charge in [-0.25, -0.2) is 13.1 Å². The lowest BCUT2D eigenvalue weighted by atomic mass is 10.1. The Morgan fingerprint density at radius 2 is 2.20 bits per heavy atom. The van der Waals surface area contributed by atoms with Crippen LogP contribution in [0.1, 0.15) is 30.8 Å². The summed E-state index contributed by atoms with van der Waals surface area (Å²) in [6.07, 6.45) is 3.02. The Balaban J connectivity index is 2.01. The second-order valence-electron chi connectivity index (χ2n) is 5.00. The van der Waals surface area contributed by atoms with Gasteiger partial charge in [-0.05, 0) is 33.2 Å². The molecule has 0 aliphatic carbocycles. The molecule has 1 aromatic heterocycles. The quantitative estimate of drug-likeness (QED) is 0.824. The van der Waals surface area contributed by atoms with E-state index in [4.69, 9.17) is 9.15 Å². The van der Waals surface area contributed by atoms with Crippen molar-refractivity contribution in [3.8, 4) is 0 Å². The molecule has 20 heavy (non-hydrogen) atoms. The number of ether oxygens (including phenoxy) is 1. The maximum atomic E-state index is 12.3. The molecule has 2 N–H and O–H groups in total. The molecule has 1 fully saturated rings. The van der Waals surface area contributed by atoms with Crippen molar-refractivity contribution >= 4 is 10.0 Å². The number of nitrogens with one attached hydrogen (secondary N) is 2. The van der Waals surface area contributed by atoms with Crippen molar-refractivity contribution in [3.63, 3.8) is 0 Å². The minimum atomic E-state index is -3.54. The number of sulfonamides is 1. The first-order valence-electron chi connectivity index (χ1n) is 6.88. The number of hydrogen-bond acceptors (Lipinski definition) is 5. The van der Waals surface area contributed by atoms with Crippen LogP contribution in [0.15, 0.2) is 15.4 Å². The van der Waals surface area contributed by atoms with Crippen molar-refractivity contribution in [2.45, 2.75) is 43.7 Å². The van der Waals surface area contributed by atoms with Gasteiger partial charge in [0, 0.05) is 19.2 Å². The van der Waals surface area contributed by atoms with Gasteiger partial charge < -0.3 is 14.5 Å². The highest BCUT2D eigenvalue weighted by Crippen LogP contribution is 2.20. The summed E-state index contributed by atoms with van der Waals surface area (Å²) in [7, 11) is -1.76. The monoisotopic (exact) mass is 302 g/mol. The van der Waals surface area contributed by atoms with Crippen LogP contribution in [0, 0.1) is 6.92 Å². The molecule has 6 nitrogen and oxygen atoms in total. The van der Waals surface area contributed by atoms with E-state index in [-0.39, 0.29) is 11.0 Å².